The molecule has 0 spiro atoms. The van der Waals surface area contributed by atoms with Crippen LogP contribution in [0, 0.1) is 0 Å². The summed E-state index contributed by atoms with van der Waals surface area (Å²) in [6, 6.07) is 13.8. The minimum Gasteiger partial charge on any atom is -0.405 e. The summed E-state index contributed by atoms with van der Waals surface area (Å²) in [6.45, 7) is 21.6. The fourth-order valence-electron chi connectivity index (χ4n) is 5.59. The molecule has 0 amide bonds. The molecule has 0 saturated carbocycles. The predicted octanol–water partition coefficient (Wildman–Crippen LogP) is 9.60. The van der Waals surface area contributed by atoms with Gasteiger partial charge in [-0.05, 0) is 87.6 Å². The summed E-state index contributed by atoms with van der Waals surface area (Å²) >= 11 is 0. The van der Waals surface area contributed by atoms with Crippen molar-refractivity contribution in [2.45, 2.75) is 26.2 Å². The molecule has 3 nitrogen and oxygen atoms in total. The Morgan fingerprint density at radius 2 is 1.49 bits per heavy atom. The maximum absolute atomic E-state index is 13.2. The molecule has 2 aliphatic rings. The van der Waals surface area contributed by atoms with E-state index in [2.05, 4.69) is 88.7 Å². The van der Waals surface area contributed by atoms with Crippen LogP contribution in [0.3, 0.4) is 0 Å². The number of hydrogen-bond acceptors (Lipinski definition) is 3. The van der Waals surface area contributed by atoms with Crippen LogP contribution >= 0.6 is 0 Å². The van der Waals surface area contributed by atoms with Gasteiger partial charge in [-0.15, -0.1) is 0 Å². The number of ketones is 2. The molecule has 0 unspecified atom stereocenters. The highest BCUT2D eigenvalue weighted by Gasteiger charge is 2.34. The Bertz CT molecular complexity index is 1800. The second kappa shape index (κ2) is 12.7. The minimum atomic E-state index is -0.264. The van der Waals surface area contributed by atoms with Gasteiger partial charge in [0, 0.05) is 16.5 Å². The van der Waals surface area contributed by atoms with Crippen LogP contribution in [0.15, 0.2) is 128 Å². The quantitative estimate of drug-likeness (QED) is 0.191. The second-order valence-electron chi connectivity index (χ2n) is 11.1. The summed E-state index contributed by atoms with van der Waals surface area (Å²) in [5, 5.41) is 2.19. The van der Waals surface area contributed by atoms with Gasteiger partial charge < -0.3 is 5.73 Å². The molecular formula is C40H37NO2. The zero-order valence-corrected chi connectivity index (χ0v) is 25.1. The van der Waals surface area contributed by atoms with Gasteiger partial charge in [0.05, 0.1) is 5.57 Å². The molecule has 214 valence electrons. The molecule has 0 aromatic heterocycles. The minimum absolute atomic E-state index is 0.182. The van der Waals surface area contributed by atoms with Crippen LogP contribution in [0.5, 0.6) is 0 Å². The van der Waals surface area contributed by atoms with E-state index < -0.39 is 0 Å². The molecule has 0 saturated heterocycles. The highest BCUT2D eigenvalue weighted by molar-refractivity contribution is 6.41. The van der Waals surface area contributed by atoms with Gasteiger partial charge in [0.2, 0.25) is 0 Å². The van der Waals surface area contributed by atoms with E-state index in [1.165, 1.54) is 22.9 Å². The van der Waals surface area contributed by atoms with Gasteiger partial charge in [-0.1, -0.05) is 119 Å². The van der Waals surface area contributed by atoms with Gasteiger partial charge in [0.15, 0.2) is 11.6 Å². The lowest BCUT2D eigenvalue weighted by atomic mass is 9.72. The standard InChI is InChI=1S/C36H30O2.C4H7N/c1-7-24-20-30-31(21-25(24)8-2)35(38)32(34(30)37)19-23-13-16-29-27(18-23)15-14-26-11-9-10-12-28(17-22(3)4)36(5,6)33(26)29;1-2-3-4-5/h7-21H,1-3H2,4-6H3;2-4H,1,5H2/b11-9-,12-10-,28-17-;4-3+. The van der Waals surface area contributed by atoms with E-state index in [-0.39, 0.29) is 22.6 Å². The average Bonchev–Trinajstić information content (AvgIpc) is 3.21. The Morgan fingerprint density at radius 3 is 2.02 bits per heavy atom. The number of fused-ring (bicyclic) bond motifs is 4. The fraction of sp³-hybridized carbons (Fsp3) is 0.100. The molecule has 3 heteroatoms. The molecule has 0 bridgehead atoms. The van der Waals surface area contributed by atoms with Crippen molar-refractivity contribution in [3.63, 3.8) is 0 Å². The van der Waals surface area contributed by atoms with Gasteiger partial charge in [0.25, 0.3) is 0 Å². The summed E-state index contributed by atoms with van der Waals surface area (Å²) in [7, 11) is 0. The van der Waals surface area contributed by atoms with Crippen molar-refractivity contribution in [1.82, 2.24) is 0 Å². The van der Waals surface area contributed by atoms with E-state index in [1.54, 1.807) is 42.5 Å². The lowest BCUT2D eigenvalue weighted by Gasteiger charge is -2.31. The molecule has 3 aromatic rings. The molecule has 0 heterocycles. The lowest BCUT2D eigenvalue weighted by Crippen LogP contribution is -2.22. The van der Waals surface area contributed by atoms with Crippen LogP contribution in [-0.4, -0.2) is 11.6 Å². The average molecular weight is 564 g/mol. The van der Waals surface area contributed by atoms with Crippen LogP contribution < -0.4 is 5.73 Å². The molecule has 2 aliphatic carbocycles. The van der Waals surface area contributed by atoms with E-state index >= 15 is 0 Å². The fourth-order valence-corrected chi connectivity index (χ4v) is 5.59. The van der Waals surface area contributed by atoms with Crippen LogP contribution in [0.2, 0.25) is 0 Å². The zero-order chi connectivity index (χ0) is 31.3. The maximum Gasteiger partial charge on any atom is 0.197 e. The summed E-state index contributed by atoms with van der Waals surface area (Å²) in [5.41, 5.74) is 12.6. The first-order valence-corrected chi connectivity index (χ1v) is 14.1. The molecule has 0 radical (unpaired) electrons. The molecule has 2 N–H and O–H groups in total. The van der Waals surface area contributed by atoms with E-state index in [4.69, 9.17) is 5.73 Å². The van der Waals surface area contributed by atoms with Crippen molar-refractivity contribution in [2.75, 3.05) is 0 Å². The molecule has 43 heavy (non-hydrogen) atoms. The van der Waals surface area contributed by atoms with Crippen molar-refractivity contribution in [2.24, 2.45) is 5.73 Å². The van der Waals surface area contributed by atoms with E-state index in [1.807, 2.05) is 19.1 Å². The molecular weight excluding hydrogens is 526 g/mol. The molecule has 0 fully saturated rings. The second-order valence-corrected chi connectivity index (χ2v) is 11.1. The maximum atomic E-state index is 13.2. The third-order valence-corrected chi connectivity index (χ3v) is 7.69. The number of carbonyl (C=O) groups is 2. The van der Waals surface area contributed by atoms with Crippen molar-refractivity contribution in [1.29, 1.82) is 0 Å². The Hall–Kier alpha value is -5.28. The number of carbonyl (C=O) groups excluding carboxylic acids is 2. The van der Waals surface area contributed by atoms with Gasteiger partial charge in [-0.25, -0.2) is 0 Å². The molecule has 0 aliphatic heterocycles. The number of rotatable bonds is 5. The normalized spacial score (nSPS) is 17.3. The first-order valence-electron chi connectivity index (χ1n) is 14.1. The van der Waals surface area contributed by atoms with E-state index in [0.717, 1.165) is 33.0 Å². The van der Waals surface area contributed by atoms with Gasteiger partial charge >= 0.3 is 0 Å². The predicted molar refractivity (Wildman–Crippen MR) is 185 cm³/mol. The van der Waals surface area contributed by atoms with Gasteiger partial charge in [0.1, 0.15) is 0 Å². The number of Topliss-reactive ketones (excluding diaryl/α,β-unsaturated/α-hetero) is 2. The highest BCUT2D eigenvalue weighted by Crippen LogP contribution is 2.41. The SMILES string of the molecule is C=C/C=C/N.C=Cc1cc2c(cc1C=C)C(=O)C(=Cc1ccc3c4c(ccc3c1)\C=C/C=C\C(=C\C(=C)C)C4(C)C)C2=O. The Morgan fingerprint density at radius 1 is 0.860 bits per heavy atom. The monoisotopic (exact) mass is 563 g/mol. The topological polar surface area (TPSA) is 60.2 Å². The molecule has 5 rings (SSSR count). The number of nitrogens with two attached hydrogens (primary N) is 1. The number of hydrogen-bond donors (Lipinski definition) is 1. The van der Waals surface area contributed by atoms with Crippen molar-refractivity contribution in [3.05, 3.63) is 167 Å². The third-order valence-electron chi connectivity index (χ3n) is 7.69. The van der Waals surface area contributed by atoms with Gasteiger partial charge in [-0.3, -0.25) is 9.59 Å². The van der Waals surface area contributed by atoms with E-state index in [0.29, 0.717) is 11.1 Å². The summed E-state index contributed by atoms with van der Waals surface area (Å²) in [6.07, 6.45) is 20.4. The van der Waals surface area contributed by atoms with Crippen LogP contribution in [0.25, 0.3) is 35.1 Å². The van der Waals surface area contributed by atoms with Crippen molar-refractivity contribution >= 4 is 46.6 Å². The summed E-state index contributed by atoms with van der Waals surface area (Å²) < 4.78 is 0. The summed E-state index contributed by atoms with van der Waals surface area (Å²) in [4.78, 5) is 26.5. The first kappa shape index (κ1) is 30.7. The van der Waals surface area contributed by atoms with E-state index in [9.17, 15) is 9.59 Å². The smallest absolute Gasteiger partial charge is 0.197 e. The molecule has 3 aromatic carbocycles. The van der Waals surface area contributed by atoms with Crippen LogP contribution in [0.4, 0.5) is 0 Å². The van der Waals surface area contributed by atoms with Crippen molar-refractivity contribution in [3.8, 4) is 0 Å². The first-order chi connectivity index (χ1) is 20.6. The highest BCUT2D eigenvalue weighted by atomic mass is 16.2. The number of allylic oxidation sites excluding steroid dienone is 9. The largest absolute Gasteiger partial charge is 0.405 e. The zero-order valence-electron chi connectivity index (χ0n) is 25.1. The van der Waals surface area contributed by atoms with Gasteiger partial charge in [-0.2, -0.15) is 0 Å². The Labute approximate surface area is 254 Å². The van der Waals surface area contributed by atoms with Crippen molar-refractivity contribution < 1.29 is 9.59 Å². The Kier molecular flexibility index (Phi) is 9.06. The molecule has 0 atom stereocenters. The number of benzene rings is 3. The lowest BCUT2D eigenvalue weighted by molar-refractivity contribution is 0.0990. The third kappa shape index (κ3) is 6.02. The Balaban J connectivity index is 0.000000782. The van der Waals surface area contributed by atoms with Crippen LogP contribution in [-0.2, 0) is 5.41 Å². The summed E-state index contributed by atoms with van der Waals surface area (Å²) in [5.74, 6) is -0.510. The van der Waals surface area contributed by atoms with Crippen LogP contribution in [0.1, 0.15) is 69.3 Å².